The van der Waals surface area contributed by atoms with Gasteiger partial charge in [0.2, 0.25) is 0 Å². The highest BCUT2D eigenvalue weighted by molar-refractivity contribution is 5.88. The number of hydrogen-bond donors (Lipinski definition) is 2. The van der Waals surface area contributed by atoms with Gasteiger partial charge in [-0.1, -0.05) is 0 Å². The number of carboxylic acid groups (broad SMARTS) is 2. The molecule has 0 aromatic heterocycles. The Hall–Kier alpha value is -2.05. The van der Waals surface area contributed by atoms with Crippen LogP contribution in [0.1, 0.15) is 35.2 Å². The summed E-state index contributed by atoms with van der Waals surface area (Å²) < 4.78 is 40.8. The Labute approximate surface area is 105 Å². The quantitative estimate of drug-likeness (QED) is 0.826. The molecule has 2 rings (SSSR count). The molecule has 1 saturated carbocycles. The lowest BCUT2D eigenvalue weighted by Crippen LogP contribution is -2.18. The standard InChI is InChI=1S/C12H9F3O4/c13-6-3-5(12(1-2-12)4-7(16)17)9(14)10(15)8(6)11(18)19/h3H,1-2,4H2,(H,16,17)(H,18,19). The van der Waals surface area contributed by atoms with Crippen LogP contribution in [-0.4, -0.2) is 22.2 Å². The molecule has 0 heterocycles. The number of carboxylic acids is 2. The topological polar surface area (TPSA) is 74.6 Å². The van der Waals surface area contributed by atoms with Gasteiger partial charge in [-0.15, -0.1) is 0 Å². The first-order chi connectivity index (χ1) is 8.78. The first-order valence-corrected chi connectivity index (χ1v) is 5.41. The van der Waals surface area contributed by atoms with E-state index in [2.05, 4.69) is 0 Å². The molecule has 1 aromatic carbocycles. The summed E-state index contributed by atoms with van der Waals surface area (Å²) in [5.41, 5.74) is -2.91. The molecule has 0 atom stereocenters. The Morgan fingerprint density at radius 1 is 1.16 bits per heavy atom. The van der Waals surface area contributed by atoms with E-state index in [4.69, 9.17) is 10.2 Å². The van der Waals surface area contributed by atoms with Crippen molar-refractivity contribution < 1.29 is 33.0 Å². The Morgan fingerprint density at radius 2 is 1.74 bits per heavy atom. The zero-order chi connectivity index (χ0) is 14.4. The fourth-order valence-corrected chi connectivity index (χ4v) is 2.16. The minimum absolute atomic E-state index is 0.293. The minimum Gasteiger partial charge on any atom is -0.481 e. The molecule has 102 valence electrons. The highest BCUT2D eigenvalue weighted by Crippen LogP contribution is 2.52. The minimum atomic E-state index is -1.91. The third-order valence-corrected chi connectivity index (χ3v) is 3.29. The van der Waals surface area contributed by atoms with Gasteiger partial charge < -0.3 is 10.2 Å². The summed E-state index contributed by atoms with van der Waals surface area (Å²) in [6.07, 6.45) is 0.137. The zero-order valence-corrected chi connectivity index (χ0v) is 9.54. The smallest absolute Gasteiger partial charge is 0.341 e. The molecule has 0 bridgehead atoms. The largest absolute Gasteiger partial charge is 0.481 e. The van der Waals surface area contributed by atoms with Crippen molar-refractivity contribution in [3.63, 3.8) is 0 Å². The van der Waals surface area contributed by atoms with E-state index in [0.717, 1.165) is 0 Å². The molecule has 7 heteroatoms. The van der Waals surface area contributed by atoms with Crippen molar-refractivity contribution in [2.45, 2.75) is 24.7 Å². The second kappa shape index (κ2) is 4.25. The van der Waals surface area contributed by atoms with Crippen LogP contribution in [0.3, 0.4) is 0 Å². The van der Waals surface area contributed by atoms with Crippen molar-refractivity contribution >= 4 is 11.9 Å². The molecule has 0 aliphatic heterocycles. The van der Waals surface area contributed by atoms with E-state index in [1.54, 1.807) is 0 Å². The molecule has 0 spiro atoms. The monoisotopic (exact) mass is 274 g/mol. The van der Waals surface area contributed by atoms with Crippen LogP contribution in [0.15, 0.2) is 6.07 Å². The van der Waals surface area contributed by atoms with Crippen molar-refractivity contribution in [3.8, 4) is 0 Å². The maximum atomic E-state index is 13.8. The lowest BCUT2D eigenvalue weighted by molar-refractivity contribution is -0.137. The van der Waals surface area contributed by atoms with Gasteiger partial charge in [0, 0.05) is 11.0 Å². The second-order valence-electron chi connectivity index (χ2n) is 4.56. The molecule has 1 aliphatic rings. The molecule has 4 nitrogen and oxygen atoms in total. The average Bonchev–Trinajstić information content (AvgIpc) is 3.02. The molecule has 1 fully saturated rings. The third kappa shape index (κ3) is 2.16. The predicted octanol–water partition coefficient (Wildman–Crippen LogP) is 2.31. The van der Waals surface area contributed by atoms with Gasteiger partial charge in [-0.2, -0.15) is 0 Å². The number of rotatable bonds is 4. The molecule has 2 N–H and O–H groups in total. The van der Waals surface area contributed by atoms with Crippen molar-refractivity contribution in [3.05, 3.63) is 34.6 Å². The Balaban J connectivity index is 2.55. The van der Waals surface area contributed by atoms with Crippen LogP contribution < -0.4 is 0 Å². The molecular formula is C12H9F3O4. The summed E-state index contributed by atoms with van der Waals surface area (Å²) in [4.78, 5) is 21.3. The number of hydrogen-bond acceptors (Lipinski definition) is 2. The van der Waals surface area contributed by atoms with Crippen LogP contribution in [0, 0.1) is 17.5 Å². The number of halogens is 3. The van der Waals surface area contributed by atoms with Gasteiger partial charge in [0.1, 0.15) is 11.4 Å². The molecule has 0 radical (unpaired) electrons. The first-order valence-electron chi connectivity index (χ1n) is 5.41. The van der Waals surface area contributed by atoms with E-state index in [0.29, 0.717) is 18.9 Å². The molecular weight excluding hydrogens is 265 g/mol. The summed E-state index contributed by atoms with van der Waals surface area (Å²) in [6, 6.07) is 0.581. The van der Waals surface area contributed by atoms with E-state index in [9.17, 15) is 22.8 Å². The average molecular weight is 274 g/mol. The normalized spacial score (nSPS) is 16.2. The SMILES string of the molecule is O=C(O)CC1(c2cc(F)c(C(=O)O)c(F)c2F)CC1. The van der Waals surface area contributed by atoms with Gasteiger partial charge >= 0.3 is 11.9 Å². The van der Waals surface area contributed by atoms with Crippen molar-refractivity contribution in [2.24, 2.45) is 0 Å². The van der Waals surface area contributed by atoms with Crippen LogP contribution in [0.2, 0.25) is 0 Å². The fraction of sp³-hybridized carbons (Fsp3) is 0.333. The number of aromatic carboxylic acids is 1. The van der Waals surface area contributed by atoms with Gasteiger partial charge in [0.05, 0.1) is 6.42 Å². The van der Waals surface area contributed by atoms with Crippen LogP contribution in [-0.2, 0) is 10.2 Å². The van der Waals surface area contributed by atoms with Gasteiger partial charge in [0.25, 0.3) is 0 Å². The Morgan fingerprint density at radius 3 is 2.16 bits per heavy atom. The van der Waals surface area contributed by atoms with Crippen LogP contribution in [0.5, 0.6) is 0 Å². The summed E-state index contributed by atoms with van der Waals surface area (Å²) in [6.45, 7) is 0. The number of carbonyl (C=O) groups is 2. The maximum Gasteiger partial charge on any atom is 0.341 e. The van der Waals surface area contributed by atoms with Crippen LogP contribution in [0.4, 0.5) is 13.2 Å². The molecule has 0 saturated heterocycles. The summed E-state index contributed by atoms with van der Waals surface area (Å²) in [7, 11) is 0. The first kappa shape index (κ1) is 13.4. The molecule has 1 aromatic rings. The van der Waals surface area contributed by atoms with E-state index in [1.165, 1.54) is 0 Å². The Bertz CT molecular complexity index is 579. The van der Waals surface area contributed by atoms with Crippen molar-refractivity contribution in [2.75, 3.05) is 0 Å². The Kier molecular flexibility index (Phi) is 3.00. The third-order valence-electron chi connectivity index (χ3n) is 3.29. The second-order valence-corrected chi connectivity index (χ2v) is 4.56. The fourth-order valence-electron chi connectivity index (χ4n) is 2.16. The zero-order valence-electron chi connectivity index (χ0n) is 9.54. The van der Waals surface area contributed by atoms with Crippen molar-refractivity contribution in [1.82, 2.24) is 0 Å². The van der Waals surface area contributed by atoms with Gasteiger partial charge in [-0.3, -0.25) is 4.79 Å². The molecule has 0 unspecified atom stereocenters. The van der Waals surface area contributed by atoms with E-state index in [1.807, 2.05) is 0 Å². The molecule has 0 amide bonds. The van der Waals surface area contributed by atoms with Crippen molar-refractivity contribution in [1.29, 1.82) is 0 Å². The van der Waals surface area contributed by atoms with Gasteiger partial charge in [0.15, 0.2) is 11.6 Å². The predicted molar refractivity (Wildman–Crippen MR) is 56.4 cm³/mol. The van der Waals surface area contributed by atoms with E-state index in [-0.39, 0.29) is 0 Å². The summed E-state index contributed by atoms with van der Waals surface area (Å²) in [5, 5.41) is 17.3. The molecule has 19 heavy (non-hydrogen) atoms. The summed E-state index contributed by atoms with van der Waals surface area (Å²) in [5.74, 6) is -7.81. The van der Waals surface area contributed by atoms with E-state index < -0.39 is 52.4 Å². The number of benzene rings is 1. The maximum absolute atomic E-state index is 13.8. The van der Waals surface area contributed by atoms with Crippen LogP contribution in [0.25, 0.3) is 0 Å². The van der Waals surface area contributed by atoms with E-state index >= 15 is 0 Å². The summed E-state index contributed by atoms with van der Waals surface area (Å²) >= 11 is 0. The highest BCUT2D eigenvalue weighted by atomic mass is 19.2. The van der Waals surface area contributed by atoms with Gasteiger partial charge in [-0.25, -0.2) is 18.0 Å². The molecule has 1 aliphatic carbocycles. The number of aliphatic carboxylic acids is 1. The van der Waals surface area contributed by atoms with Crippen LogP contribution >= 0.6 is 0 Å². The lowest BCUT2D eigenvalue weighted by Gasteiger charge is -2.15. The highest BCUT2D eigenvalue weighted by Gasteiger charge is 2.49. The lowest BCUT2D eigenvalue weighted by atomic mass is 9.90. The van der Waals surface area contributed by atoms with Gasteiger partial charge in [-0.05, 0) is 18.9 Å².